The highest BCUT2D eigenvalue weighted by molar-refractivity contribution is 5.84. The van der Waals surface area contributed by atoms with Crippen molar-refractivity contribution >= 4 is 22.9 Å². The lowest BCUT2D eigenvalue weighted by molar-refractivity contribution is 0.408. The van der Waals surface area contributed by atoms with Crippen molar-refractivity contribution in [3.63, 3.8) is 0 Å². The average Bonchev–Trinajstić information content (AvgIpc) is 3.65. The van der Waals surface area contributed by atoms with E-state index in [0.717, 1.165) is 54.0 Å². The Bertz CT molecular complexity index is 1260. The summed E-state index contributed by atoms with van der Waals surface area (Å²) in [6, 6.07) is 6.89. The van der Waals surface area contributed by atoms with Crippen LogP contribution in [0.15, 0.2) is 43.1 Å². The fourth-order valence-electron chi connectivity index (χ4n) is 5.34. The van der Waals surface area contributed by atoms with Crippen molar-refractivity contribution in [1.29, 1.82) is 0 Å². The zero-order valence-electron chi connectivity index (χ0n) is 19.8. The number of aromatic nitrogens is 7. The van der Waals surface area contributed by atoms with Gasteiger partial charge in [-0.3, -0.25) is 0 Å². The predicted octanol–water partition coefficient (Wildman–Crippen LogP) is 3.82. The van der Waals surface area contributed by atoms with E-state index in [1.807, 2.05) is 30.9 Å². The maximum Gasteiger partial charge on any atom is 0.227 e. The van der Waals surface area contributed by atoms with Gasteiger partial charge < -0.3 is 20.9 Å². The fourth-order valence-corrected chi connectivity index (χ4v) is 5.34. The van der Waals surface area contributed by atoms with Crippen LogP contribution in [0.5, 0.6) is 0 Å². The number of nitrogens with one attached hydrogen (secondary N) is 2. The van der Waals surface area contributed by atoms with Gasteiger partial charge in [0.15, 0.2) is 22.8 Å². The van der Waals surface area contributed by atoms with Crippen molar-refractivity contribution in [2.24, 2.45) is 5.73 Å². The van der Waals surface area contributed by atoms with E-state index in [-0.39, 0.29) is 6.04 Å². The van der Waals surface area contributed by atoms with E-state index in [4.69, 9.17) is 20.7 Å². The van der Waals surface area contributed by atoms with Crippen molar-refractivity contribution in [2.45, 2.75) is 76.0 Å². The first-order chi connectivity index (χ1) is 17.2. The lowest BCUT2D eigenvalue weighted by atomic mass is 9.92. The minimum Gasteiger partial charge on any atom is -0.364 e. The van der Waals surface area contributed by atoms with Crippen LogP contribution in [0.4, 0.5) is 11.8 Å². The van der Waals surface area contributed by atoms with E-state index in [2.05, 4.69) is 31.3 Å². The highest BCUT2D eigenvalue weighted by atomic mass is 15.3. The molecule has 10 heteroatoms. The molecule has 4 aromatic rings. The van der Waals surface area contributed by atoms with Gasteiger partial charge in [0.25, 0.3) is 0 Å². The summed E-state index contributed by atoms with van der Waals surface area (Å²) >= 11 is 0. The molecule has 0 amide bonds. The average molecular weight is 473 g/mol. The van der Waals surface area contributed by atoms with Crippen LogP contribution in [0.1, 0.15) is 63.0 Å². The zero-order valence-corrected chi connectivity index (χ0v) is 19.8. The van der Waals surface area contributed by atoms with E-state index in [9.17, 15) is 0 Å². The Morgan fingerprint density at radius 3 is 2.71 bits per heavy atom. The van der Waals surface area contributed by atoms with E-state index < -0.39 is 0 Å². The monoisotopic (exact) mass is 472 g/mol. The molecule has 4 N–H and O–H groups in total. The minimum atomic E-state index is 0.240. The summed E-state index contributed by atoms with van der Waals surface area (Å²) in [4.78, 5) is 19.0. The molecule has 2 atom stereocenters. The Morgan fingerprint density at radius 1 is 1.03 bits per heavy atom. The molecule has 35 heavy (non-hydrogen) atoms. The molecule has 0 spiro atoms. The van der Waals surface area contributed by atoms with Crippen molar-refractivity contribution in [3.8, 4) is 5.82 Å². The number of pyridine rings is 1. The van der Waals surface area contributed by atoms with Crippen molar-refractivity contribution < 1.29 is 0 Å². The predicted molar refractivity (Wildman–Crippen MR) is 135 cm³/mol. The Hall–Kier alpha value is -3.53. The molecule has 0 bridgehead atoms. The van der Waals surface area contributed by atoms with Crippen LogP contribution in [0, 0.1) is 0 Å². The molecule has 2 unspecified atom stereocenters. The molecule has 10 nitrogen and oxygen atoms in total. The fraction of sp³-hybridized carbons (Fsp3) is 0.480. The van der Waals surface area contributed by atoms with Gasteiger partial charge in [-0.25, -0.2) is 14.6 Å². The SMILES string of the molecule is NC1CCCC(Nc2nc(NCc3ccc(-n4cccn4)nc3)c3ncn(C4CCCC4)c3n2)C1. The Kier molecular flexibility index (Phi) is 6.03. The first-order valence-corrected chi connectivity index (χ1v) is 12.7. The quantitative estimate of drug-likeness (QED) is 0.371. The van der Waals surface area contributed by atoms with Crippen molar-refractivity contribution in [3.05, 3.63) is 48.7 Å². The number of nitrogens with zero attached hydrogens (tertiary/aromatic N) is 7. The number of anilines is 2. The van der Waals surface area contributed by atoms with Gasteiger partial charge in [0.05, 0.1) is 6.33 Å². The van der Waals surface area contributed by atoms with Gasteiger partial charge in [0.1, 0.15) is 0 Å². The molecule has 2 saturated carbocycles. The van der Waals surface area contributed by atoms with Gasteiger partial charge >= 0.3 is 0 Å². The summed E-state index contributed by atoms with van der Waals surface area (Å²) in [6.07, 6.45) is 16.5. The molecule has 6 rings (SSSR count). The summed E-state index contributed by atoms with van der Waals surface area (Å²) in [5, 5.41) is 11.3. The van der Waals surface area contributed by atoms with Crippen LogP contribution in [0.3, 0.4) is 0 Å². The van der Waals surface area contributed by atoms with E-state index in [0.29, 0.717) is 24.6 Å². The summed E-state index contributed by atoms with van der Waals surface area (Å²) in [5.74, 6) is 2.17. The lowest BCUT2D eigenvalue weighted by Gasteiger charge is -2.27. The summed E-state index contributed by atoms with van der Waals surface area (Å²) in [6.45, 7) is 0.586. The largest absolute Gasteiger partial charge is 0.364 e. The van der Waals surface area contributed by atoms with Crippen LogP contribution in [0.25, 0.3) is 17.0 Å². The van der Waals surface area contributed by atoms with Crippen LogP contribution in [-0.2, 0) is 6.54 Å². The van der Waals surface area contributed by atoms with E-state index in [1.54, 1.807) is 10.9 Å². The highest BCUT2D eigenvalue weighted by Crippen LogP contribution is 2.33. The first kappa shape index (κ1) is 22.0. The molecule has 0 aliphatic heterocycles. The molecule has 4 aromatic heterocycles. The van der Waals surface area contributed by atoms with Crippen LogP contribution >= 0.6 is 0 Å². The number of fused-ring (bicyclic) bond motifs is 1. The molecule has 4 heterocycles. The Labute approximate surface area is 204 Å². The van der Waals surface area contributed by atoms with Crippen LogP contribution in [-0.4, -0.2) is 46.4 Å². The van der Waals surface area contributed by atoms with E-state index >= 15 is 0 Å². The Morgan fingerprint density at radius 2 is 1.94 bits per heavy atom. The number of nitrogens with two attached hydrogens (primary N) is 1. The topological polar surface area (TPSA) is 124 Å². The molecule has 2 fully saturated rings. The summed E-state index contributed by atoms with van der Waals surface area (Å²) in [5.41, 5.74) is 8.98. The minimum absolute atomic E-state index is 0.240. The number of hydrogen-bond donors (Lipinski definition) is 3. The molecule has 2 aliphatic rings. The third kappa shape index (κ3) is 4.70. The zero-order chi connectivity index (χ0) is 23.6. The molecular weight excluding hydrogens is 440 g/mol. The molecule has 0 radical (unpaired) electrons. The third-order valence-electron chi connectivity index (χ3n) is 7.20. The van der Waals surface area contributed by atoms with Gasteiger partial charge in [-0.05, 0) is 56.2 Å². The number of hydrogen-bond acceptors (Lipinski definition) is 8. The smallest absolute Gasteiger partial charge is 0.227 e. The first-order valence-electron chi connectivity index (χ1n) is 12.7. The second-order valence-corrected chi connectivity index (χ2v) is 9.75. The van der Waals surface area contributed by atoms with Gasteiger partial charge in [-0.1, -0.05) is 18.9 Å². The van der Waals surface area contributed by atoms with E-state index in [1.165, 1.54) is 25.7 Å². The van der Waals surface area contributed by atoms with Gasteiger partial charge in [0.2, 0.25) is 5.95 Å². The second kappa shape index (κ2) is 9.61. The van der Waals surface area contributed by atoms with Crippen molar-refractivity contribution in [2.75, 3.05) is 10.6 Å². The summed E-state index contributed by atoms with van der Waals surface area (Å²) < 4.78 is 3.99. The molecule has 0 aromatic carbocycles. The maximum atomic E-state index is 6.22. The molecule has 0 saturated heterocycles. The van der Waals surface area contributed by atoms with Crippen molar-refractivity contribution in [1.82, 2.24) is 34.3 Å². The Balaban J connectivity index is 1.26. The standard InChI is InChI=1S/C25H32N10/c26-18-5-3-6-19(13-18)31-25-32-23(22-24(33-25)34(16-29-22)20-7-1-2-8-20)28-15-17-9-10-21(27-14-17)35-12-4-11-30-35/h4,9-12,14,16,18-20H,1-3,5-8,13,15,26H2,(H2,28,31,32,33). The molecular formula is C25H32N10. The number of imidazole rings is 1. The van der Waals surface area contributed by atoms with Gasteiger partial charge in [-0.15, -0.1) is 0 Å². The van der Waals surface area contributed by atoms with Crippen LogP contribution in [0.2, 0.25) is 0 Å². The van der Waals surface area contributed by atoms with Gasteiger partial charge in [-0.2, -0.15) is 15.1 Å². The third-order valence-corrected chi connectivity index (χ3v) is 7.20. The molecule has 182 valence electrons. The lowest BCUT2D eigenvalue weighted by Crippen LogP contribution is -2.35. The maximum absolute atomic E-state index is 6.22. The molecule has 2 aliphatic carbocycles. The van der Waals surface area contributed by atoms with Gasteiger partial charge in [0, 0.05) is 43.3 Å². The van der Waals surface area contributed by atoms with Crippen LogP contribution < -0.4 is 16.4 Å². The second-order valence-electron chi connectivity index (χ2n) is 9.75. The summed E-state index contributed by atoms with van der Waals surface area (Å²) in [7, 11) is 0. The highest BCUT2D eigenvalue weighted by Gasteiger charge is 2.24. The number of rotatable bonds is 7. The normalized spacial score (nSPS) is 20.9.